The van der Waals surface area contributed by atoms with E-state index in [1.807, 2.05) is 79.0 Å². The van der Waals surface area contributed by atoms with E-state index >= 15 is 0 Å². The molecular formula is C25H20N2O3S. The van der Waals surface area contributed by atoms with E-state index in [1.165, 1.54) is 11.3 Å². The molecule has 0 saturated carbocycles. The molecule has 0 fully saturated rings. The fraction of sp³-hybridized carbons (Fsp3) is 0.0800. The summed E-state index contributed by atoms with van der Waals surface area (Å²) >= 11 is 1.32. The lowest BCUT2D eigenvalue weighted by Crippen LogP contribution is -2.21. The molecule has 4 rings (SSSR count). The fourth-order valence-electron chi connectivity index (χ4n) is 3.08. The Hall–Kier alpha value is -3.77. The van der Waals surface area contributed by atoms with Crippen molar-refractivity contribution in [2.24, 2.45) is 0 Å². The van der Waals surface area contributed by atoms with Crippen molar-refractivity contribution in [3.05, 3.63) is 95.4 Å². The molecule has 154 valence electrons. The van der Waals surface area contributed by atoms with Crippen LogP contribution in [0.5, 0.6) is 0 Å². The van der Waals surface area contributed by atoms with Gasteiger partial charge in [0.1, 0.15) is 0 Å². The number of ether oxygens (including phenoxy) is 1. The SMILES string of the molecule is Cc1ccc(-c2ccccc2C(=O)OCC(=O)Nc2nc(-c3ccccc3)cs2)cc1. The summed E-state index contributed by atoms with van der Waals surface area (Å²) in [6.07, 6.45) is 0. The summed E-state index contributed by atoms with van der Waals surface area (Å²) in [5.74, 6) is -0.981. The Morgan fingerprint density at radius 1 is 0.903 bits per heavy atom. The van der Waals surface area contributed by atoms with Crippen molar-refractivity contribution in [1.29, 1.82) is 0 Å². The number of benzene rings is 3. The molecule has 0 aliphatic carbocycles. The number of hydrogen-bond donors (Lipinski definition) is 1. The van der Waals surface area contributed by atoms with Gasteiger partial charge in [-0.25, -0.2) is 9.78 Å². The van der Waals surface area contributed by atoms with Gasteiger partial charge in [-0.15, -0.1) is 11.3 Å². The molecule has 0 aliphatic rings. The van der Waals surface area contributed by atoms with Gasteiger partial charge >= 0.3 is 5.97 Å². The van der Waals surface area contributed by atoms with Gasteiger partial charge in [0.05, 0.1) is 11.3 Å². The third-order valence-electron chi connectivity index (χ3n) is 4.66. The summed E-state index contributed by atoms with van der Waals surface area (Å²) in [7, 11) is 0. The molecule has 5 nitrogen and oxygen atoms in total. The van der Waals surface area contributed by atoms with Gasteiger partial charge in [0.25, 0.3) is 5.91 Å². The molecule has 0 radical (unpaired) electrons. The van der Waals surface area contributed by atoms with E-state index in [0.717, 1.165) is 27.9 Å². The first-order chi connectivity index (χ1) is 15.1. The van der Waals surface area contributed by atoms with Gasteiger partial charge in [0, 0.05) is 10.9 Å². The van der Waals surface area contributed by atoms with Crippen LogP contribution in [-0.2, 0) is 9.53 Å². The van der Waals surface area contributed by atoms with Crippen molar-refractivity contribution in [2.75, 3.05) is 11.9 Å². The number of nitrogens with zero attached hydrogens (tertiary/aromatic N) is 1. The molecule has 1 amide bonds. The van der Waals surface area contributed by atoms with Gasteiger partial charge in [0.2, 0.25) is 0 Å². The Kier molecular flexibility index (Phi) is 6.19. The number of carbonyl (C=O) groups excluding carboxylic acids is 2. The highest BCUT2D eigenvalue weighted by Gasteiger charge is 2.16. The predicted molar refractivity (Wildman–Crippen MR) is 123 cm³/mol. The number of aromatic nitrogens is 1. The second kappa shape index (κ2) is 9.36. The summed E-state index contributed by atoms with van der Waals surface area (Å²) in [5, 5.41) is 5.01. The van der Waals surface area contributed by atoms with Gasteiger partial charge < -0.3 is 4.74 Å². The molecule has 0 spiro atoms. The van der Waals surface area contributed by atoms with Crippen LogP contribution >= 0.6 is 11.3 Å². The summed E-state index contributed by atoms with van der Waals surface area (Å²) in [6, 6.07) is 24.8. The Bertz CT molecular complexity index is 1200. The number of nitrogens with one attached hydrogen (secondary N) is 1. The van der Waals surface area contributed by atoms with Gasteiger partial charge in [-0.3, -0.25) is 10.1 Å². The van der Waals surface area contributed by atoms with E-state index < -0.39 is 11.9 Å². The van der Waals surface area contributed by atoms with Crippen molar-refractivity contribution in [3.8, 4) is 22.4 Å². The van der Waals surface area contributed by atoms with Crippen LogP contribution in [0.3, 0.4) is 0 Å². The smallest absolute Gasteiger partial charge is 0.339 e. The normalized spacial score (nSPS) is 10.5. The predicted octanol–water partition coefficient (Wildman–Crippen LogP) is 5.58. The monoisotopic (exact) mass is 428 g/mol. The van der Waals surface area contributed by atoms with E-state index in [4.69, 9.17) is 4.74 Å². The Balaban J connectivity index is 1.39. The van der Waals surface area contributed by atoms with Crippen molar-refractivity contribution < 1.29 is 14.3 Å². The topological polar surface area (TPSA) is 68.3 Å². The van der Waals surface area contributed by atoms with Gasteiger partial charge in [-0.2, -0.15) is 0 Å². The summed E-state index contributed by atoms with van der Waals surface area (Å²) in [6.45, 7) is 1.62. The number of carbonyl (C=O) groups is 2. The molecular weight excluding hydrogens is 408 g/mol. The van der Waals surface area contributed by atoms with Crippen molar-refractivity contribution in [1.82, 2.24) is 4.98 Å². The standard InChI is InChI=1S/C25H20N2O3S/c1-17-11-13-18(14-12-17)20-9-5-6-10-21(20)24(29)30-15-23(28)27-25-26-22(16-31-25)19-7-3-2-4-8-19/h2-14,16H,15H2,1H3,(H,26,27,28). The van der Waals surface area contributed by atoms with E-state index in [0.29, 0.717) is 10.7 Å². The fourth-order valence-corrected chi connectivity index (χ4v) is 3.82. The zero-order valence-electron chi connectivity index (χ0n) is 16.9. The van der Waals surface area contributed by atoms with Crippen LogP contribution in [0.2, 0.25) is 0 Å². The average molecular weight is 429 g/mol. The third-order valence-corrected chi connectivity index (χ3v) is 5.42. The maximum atomic E-state index is 12.6. The Morgan fingerprint density at radius 2 is 1.61 bits per heavy atom. The minimum absolute atomic E-state index is 0.388. The minimum atomic E-state index is -0.546. The number of amides is 1. The number of esters is 1. The molecule has 3 aromatic carbocycles. The Labute approximate surface area is 184 Å². The molecule has 1 aromatic heterocycles. The van der Waals surface area contributed by atoms with E-state index in [1.54, 1.807) is 12.1 Å². The first-order valence-electron chi connectivity index (χ1n) is 9.74. The first-order valence-corrected chi connectivity index (χ1v) is 10.6. The molecule has 6 heteroatoms. The van der Waals surface area contributed by atoms with Crippen LogP contribution in [-0.4, -0.2) is 23.5 Å². The molecule has 0 saturated heterocycles. The second-order valence-electron chi connectivity index (χ2n) is 6.94. The number of aryl methyl sites for hydroxylation is 1. The van der Waals surface area contributed by atoms with Gasteiger partial charge in [0.15, 0.2) is 11.7 Å². The molecule has 0 bridgehead atoms. The van der Waals surface area contributed by atoms with Crippen LogP contribution < -0.4 is 5.32 Å². The molecule has 31 heavy (non-hydrogen) atoms. The maximum Gasteiger partial charge on any atom is 0.339 e. The number of anilines is 1. The molecule has 0 atom stereocenters. The zero-order chi connectivity index (χ0) is 21.6. The highest BCUT2D eigenvalue weighted by molar-refractivity contribution is 7.14. The third kappa shape index (κ3) is 5.05. The van der Waals surface area contributed by atoms with Crippen molar-refractivity contribution in [2.45, 2.75) is 6.92 Å². The Morgan fingerprint density at radius 3 is 2.39 bits per heavy atom. The lowest BCUT2D eigenvalue weighted by Gasteiger charge is -2.10. The molecule has 4 aromatic rings. The summed E-state index contributed by atoms with van der Waals surface area (Å²) in [4.78, 5) is 29.3. The van der Waals surface area contributed by atoms with Crippen molar-refractivity contribution >= 4 is 28.3 Å². The molecule has 1 N–H and O–H groups in total. The lowest BCUT2D eigenvalue weighted by atomic mass is 9.99. The van der Waals surface area contributed by atoms with E-state index in [-0.39, 0.29) is 6.61 Å². The largest absolute Gasteiger partial charge is 0.452 e. The highest BCUT2D eigenvalue weighted by atomic mass is 32.1. The van der Waals surface area contributed by atoms with Crippen LogP contribution in [0.4, 0.5) is 5.13 Å². The van der Waals surface area contributed by atoms with E-state index in [9.17, 15) is 9.59 Å². The zero-order valence-corrected chi connectivity index (χ0v) is 17.7. The molecule has 0 aliphatic heterocycles. The lowest BCUT2D eigenvalue weighted by molar-refractivity contribution is -0.119. The van der Waals surface area contributed by atoms with Crippen LogP contribution in [0.1, 0.15) is 15.9 Å². The van der Waals surface area contributed by atoms with Crippen molar-refractivity contribution in [3.63, 3.8) is 0 Å². The molecule has 0 unspecified atom stereocenters. The quantitative estimate of drug-likeness (QED) is 0.407. The molecule has 1 heterocycles. The van der Waals surface area contributed by atoms with Crippen LogP contribution in [0, 0.1) is 6.92 Å². The number of hydrogen-bond acceptors (Lipinski definition) is 5. The number of rotatable bonds is 6. The second-order valence-corrected chi connectivity index (χ2v) is 7.80. The summed E-state index contributed by atoms with van der Waals surface area (Å²) < 4.78 is 5.27. The average Bonchev–Trinajstić information content (AvgIpc) is 3.27. The highest BCUT2D eigenvalue weighted by Crippen LogP contribution is 2.26. The van der Waals surface area contributed by atoms with Crippen LogP contribution in [0.15, 0.2) is 84.2 Å². The maximum absolute atomic E-state index is 12.6. The summed E-state index contributed by atoms with van der Waals surface area (Å²) in [5.41, 5.74) is 4.99. The van der Waals surface area contributed by atoms with Gasteiger partial charge in [-0.1, -0.05) is 78.4 Å². The van der Waals surface area contributed by atoms with Crippen LogP contribution in [0.25, 0.3) is 22.4 Å². The van der Waals surface area contributed by atoms with Gasteiger partial charge in [-0.05, 0) is 24.1 Å². The minimum Gasteiger partial charge on any atom is -0.452 e. The first kappa shape index (κ1) is 20.5. The number of thiazole rings is 1. The van der Waals surface area contributed by atoms with E-state index in [2.05, 4.69) is 10.3 Å².